The summed E-state index contributed by atoms with van der Waals surface area (Å²) in [6.45, 7) is 6.19. The smallest absolute Gasteiger partial charge is 0.414 e. The predicted molar refractivity (Wildman–Crippen MR) is 90.6 cm³/mol. The Bertz CT molecular complexity index is 682. The zero-order valence-corrected chi connectivity index (χ0v) is 14.0. The number of allylic oxidation sites excluding steroid dienone is 2. The zero-order valence-electron chi connectivity index (χ0n) is 14.0. The highest BCUT2D eigenvalue weighted by molar-refractivity contribution is 6.23. The molecule has 1 aliphatic heterocycles. The van der Waals surface area contributed by atoms with E-state index in [1.165, 1.54) is 0 Å². The molecule has 0 atom stereocenters. The molecule has 3 rings (SSSR count). The Kier molecular flexibility index (Phi) is 4.00. The molecule has 0 radical (unpaired) electrons. The van der Waals surface area contributed by atoms with Gasteiger partial charge in [0, 0.05) is 24.1 Å². The molecule has 1 amide bonds. The van der Waals surface area contributed by atoms with Crippen molar-refractivity contribution in [2.24, 2.45) is 0 Å². The first-order valence-corrected chi connectivity index (χ1v) is 8.23. The molecule has 1 aliphatic carbocycles. The lowest BCUT2D eigenvalue weighted by atomic mass is 9.90. The van der Waals surface area contributed by atoms with Crippen LogP contribution in [0.3, 0.4) is 0 Å². The van der Waals surface area contributed by atoms with Gasteiger partial charge in [0.05, 0.1) is 5.69 Å². The number of carbonyl (C=O) groups excluding carboxylic acids is 2. The van der Waals surface area contributed by atoms with E-state index in [1.807, 2.05) is 45.0 Å². The highest BCUT2D eigenvalue weighted by Crippen LogP contribution is 2.38. The summed E-state index contributed by atoms with van der Waals surface area (Å²) in [5.74, 6) is 0.167. The van der Waals surface area contributed by atoms with E-state index in [-0.39, 0.29) is 11.9 Å². The third kappa shape index (κ3) is 3.16. The number of anilines is 1. The first kappa shape index (κ1) is 15.8. The maximum absolute atomic E-state index is 12.5. The van der Waals surface area contributed by atoms with Gasteiger partial charge in [0.15, 0.2) is 5.78 Å². The molecular formula is C19H23NO3. The minimum Gasteiger partial charge on any atom is -0.443 e. The van der Waals surface area contributed by atoms with Crippen LogP contribution in [0, 0.1) is 0 Å². The molecule has 0 bridgehead atoms. The molecule has 0 N–H and O–H groups in total. The summed E-state index contributed by atoms with van der Waals surface area (Å²) in [5, 5.41) is 0. The quantitative estimate of drug-likeness (QED) is 0.783. The highest BCUT2D eigenvalue weighted by Gasteiger charge is 2.32. The zero-order chi connectivity index (χ0) is 16.6. The third-order valence-electron chi connectivity index (χ3n) is 4.16. The second kappa shape index (κ2) is 5.84. The highest BCUT2D eigenvalue weighted by atomic mass is 16.6. The summed E-state index contributed by atoms with van der Waals surface area (Å²) in [5.41, 5.74) is 3.05. The number of Topliss-reactive ketones (excluding diaryl/α,β-unsaturated/α-hetero) is 1. The first-order chi connectivity index (χ1) is 10.9. The molecule has 0 spiro atoms. The molecular weight excluding hydrogens is 290 g/mol. The van der Waals surface area contributed by atoms with Gasteiger partial charge < -0.3 is 4.74 Å². The lowest BCUT2D eigenvalue weighted by molar-refractivity contribution is -0.114. The fourth-order valence-electron chi connectivity index (χ4n) is 3.19. The van der Waals surface area contributed by atoms with Crippen molar-refractivity contribution in [1.82, 2.24) is 0 Å². The van der Waals surface area contributed by atoms with Crippen molar-refractivity contribution in [3.05, 3.63) is 35.4 Å². The Hall–Kier alpha value is -2.10. The largest absolute Gasteiger partial charge is 0.443 e. The topological polar surface area (TPSA) is 46.6 Å². The first-order valence-electron chi connectivity index (χ1n) is 8.23. The van der Waals surface area contributed by atoms with Gasteiger partial charge in [-0.25, -0.2) is 4.79 Å². The summed E-state index contributed by atoms with van der Waals surface area (Å²) in [6.07, 6.45) is 4.87. The van der Waals surface area contributed by atoms with Crippen molar-refractivity contribution >= 4 is 23.1 Å². The summed E-state index contributed by atoms with van der Waals surface area (Å²) in [6, 6.07) is 5.93. The number of carbonyl (C=O) groups is 2. The number of amides is 1. The van der Waals surface area contributed by atoms with Crippen molar-refractivity contribution in [3.63, 3.8) is 0 Å². The Labute approximate surface area is 137 Å². The van der Waals surface area contributed by atoms with Gasteiger partial charge in [-0.1, -0.05) is 24.3 Å². The molecule has 1 heterocycles. The number of ether oxygens (including phenoxy) is 1. The molecule has 23 heavy (non-hydrogen) atoms. The third-order valence-corrected chi connectivity index (χ3v) is 4.16. The lowest BCUT2D eigenvalue weighted by Crippen LogP contribution is -2.36. The fourth-order valence-corrected chi connectivity index (χ4v) is 3.19. The van der Waals surface area contributed by atoms with E-state index in [9.17, 15) is 9.59 Å². The maximum atomic E-state index is 12.5. The van der Waals surface area contributed by atoms with Crippen LogP contribution >= 0.6 is 0 Å². The Balaban J connectivity index is 2.00. The number of para-hydroxylation sites is 1. The van der Waals surface area contributed by atoms with Crippen LogP contribution in [0.25, 0.3) is 5.57 Å². The Morgan fingerprint density at radius 2 is 2.00 bits per heavy atom. The van der Waals surface area contributed by atoms with Gasteiger partial charge in [0.2, 0.25) is 0 Å². The molecule has 1 aromatic rings. The fraction of sp³-hybridized carbons (Fsp3) is 0.474. The van der Waals surface area contributed by atoms with E-state index in [4.69, 9.17) is 4.74 Å². The molecule has 0 unspecified atom stereocenters. The average Bonchev–Trinajstić information content (AvgIpc) is 2.90. The second-order valence-electron chi connectivity index (χ2n) is 7.13. The van der Waals surface area contributed by atoms with Crippen molar-refractivity contribution < 1.29 is 14.3 Å². The van der Waals surface area contributed by atoms with Crippen LogP contribution in [-0.2, 0) is 16.0 Å². The minimum atomic E-state index is -0.533. The average molecular weight is 313 g/mol. The summed E-state index contributed by atoms with van der Waals surface area (Å²) < 4.78 is 5.53. The van der Waals surface area contributed by atoms with Gasteiger partial charge in [-0.2, -0.15) is 0 Å². The number of ketones is 1. The van der Waals surface area contributed by atoms with Crippen molar-refractivity contribution in [1.29, 1.82) is 0 Å². The number of hydrogen-bond donors (Lipinski definition) is 0. The molecule has 1 aromatic carbocycles. The van der Waals surface area contributed by atoms with E-state index in [2.05, 4.69) is 0 Å². The molecule has 4 nitrogen and oxygen atoms in total. The van der Waals surface area contributed by atoms with Crippen molar-refractivity contribution in [2.45, 2.75) is 52.1 Å². The second-order valence-corrected chi connectivity index (χ2v) is 7.13. The van der Waals surface area contributed by atoms with Gasteiger partial charge in [-0.05, 0) is 45.6 Å². The SMILES string of the molecule is CC(C)(C)OC(=O)N1CCc2cccc(C3=CCCCC3=O)c21. The molecule has 122 valence electrons. The Morgan fingerprint density at radius 1 is 1.22 bits per heavy atom. The predicted octanol–water partition coefficient (Wildman–Crippen LogP) is 4.12. The van der Waals surface area contributed by atoms with Gasteiger partial charge >= 0.3 is 6.09 Å². The monoisotopic (exact) mass is 313 g/mol. The van der Waals surface area contributed by atoms with Gasteiger partial charge in [0.25, 0.3) is 0 Å². The van der Waals surface area contributed by atoms with E-state index in [1.54, 1.807) is 4.90 Å². The van der Waals surface area contributed by atoms with Crippen molar-refractivity contribution in [2.75, 3.05) is 11.4 Å². The number of benzene rings is 1. The normalized spacial score (nSPS) is 17.8. The molecule has 4 heteroatoms. The molecule has 0 fully saturated rings. The number of rotatable bonds is 1. The van der Waals surface area contributed by atoms with Crippen LogP contribution in [0.5, 0.6) is 0 Å². The molecule has 0 saturated carbocycles. The molecule has 0 aromatic heterocycles. The summed E-state index contributed by atoms with van der Waals surface area (Å²) >= 11 is 0. The van der Waals surface area contributed by atoms with Crippen LogP contribution in [0.4, 0.5) is 10.5 Å². The van der Waals surface area contributed by atoms with Crippen LogP contribution < -0.4 is 4.90 Å². The Morgan fingerprint density at radius 3 is 2.70 bits per heavy atom. The summed E-state index contributed by atoms with van der Waals surface area (Å²) in [7, 11) is 0. The van der Waals surface area contributed by atoms with Crippen molar-refractivity contribution in [3.8, 4) is 0 Å². The molecule has 2 aliphatic rings. The lowest BCUT2D eigenvalue weighted by Gasteiger charge is -2.26. The van der Waals surface area contributed by atoms with Crippen LogP contribution in [0.1, 0.15) is 51.2 Å². The van der Waals surface area contributed by atoms with Crippen LogP contribution in [-0.4, -0.2) is 24.0 Å². The van der Waals surface area contributed by atoms with E-state index < -0.39 is 5.60 Å². The van der Waals surface area contributed by atoms with Gasteiger partial charge in [-0.3, -0.25) is 9.69 Å². The van der Waals surface area contributed by atoms with E-state index >= 15 is 0 Å². The number of hydrogen-bond acceptors (Lipinski definition) is 3. The van der Waals surface area contributed by atoms with Gasteiger partial charge in [-0.15, -0.1) is 0 Å². The maximum Gasteiger partial charge on any atom is 0.414 e. The minimum absolute atomic E-state index is 0.167. The van der Waals surface area contributed by atoms with Crippen LogP contribution in [0.2, 0.25) is 0 Å². The van der Waals surface area contributed by atoms with Crippen LogP contribution in [0.15, 0.2) is 24.3 Å². The molecule has 0 saturated heterocycles. The number of fused-ring (bicyclic) bond motifs is 1. The van der Waals surface area contributed by atoms with E-state index in [0.29, 0.717) is 13.0 Å². The van der Waals surface area contributed by atoms with Gasteiger partial charge in [0.1, 0.15) is 5.60 Å². The number of nitrogens with zero attached hydrogens (tertiary/aromatic N) is 1. The summed E-state index contributed by atoms with van der Waals surface area (Å²) in [4.78, 5) is 26.5. The standard InChI is InChI=1S/C19H23NO3/c1-19(2,3)23-18(22)20-12-11-13-7-6-9-15(17(13)20)14-8-4-5-10-16(14)21/h6-9H,4-5,10-12H2,1-3H3. The van der Waals surface area contributed by atoms with E-state index in [0.717, 1.165) is 41.6 Å².